The molecule has 0 aliphatic carbocycles. The van der Waals surface area contributed by atoms with E-state index in [0.29, 0.717) is 0 Å². The van der Waals surface area contributed by atoms with E-state index >= 15 is 0 Å². The van der Waals surface area contributed by atoms with Crippen LogP contribution in [0.4, 0.5) is 0 Å². The molecule has 0 aromatic carbocycles. The van der Waals surface area contributed by atoms with Gasteiger partial charge in [0.2, 0.25) is 5.91 Å². The molecule has 4 aliphatic rings. The third kappa shape index (κ3) is 19.2. The number of aliphatic hydroxyl groups excluding tert-OH is 6. The van der Waals surface area contributed by atoms with Crippen LogP contribution in [-0.2, 0) is 116 Å². The predicted molar refractivity (Wildman–Crippen MR) is 222 cm³/mol. The van der Waals surface area contributed by atoms with Crippen LogP contribution >= 0.6 is 11.6 Å². The fourth-order valence-corrected chi connectivity index (χ4v) is 9.43. The normalized spacial score (nSPS) is 37.5. The number of hydrogen-bond acceptors (Lipinski definition) is 30. The van der Waals surface area contributed by atoms with Crippen molar-refractivity contribution in [2.75, 3.05) is 19.1 Å². The maximum absolute atomic E-state index is 12.7. The summed E-state index contributed by atoms with van der Waals surface area (Å²) < 4.78 is 222. The van der Waals surface area contributed by atoms with Crippen LogP contribution in [0.1, 0.15) is 20.3 Å². The zero-order valence-corrected chi connectivity index (χ0v) is 41.7. The molecular weight excluding hydrogens is 1160 g/mol. The number of rotatable bonds is 22. The van der Waals surface area contributed by atoms with E-state index in [1.165, 1.54) is 4.72 Å². The number of hydrogen-bond donors (Lipinski definition) is 15. The zero-order valence-electron chi connectivity index (χ0n) is 36.9. The first kappa shape index (κ1) is 65.8. The Morgan fingerprint density at radius 2 is 1.01 bits per heavy atom. The minimum Gasteiger partial charge on any atom is -0.479 e. The van der Waals surface area contributed by atoms with Crippen LogP contribution < -0.4 is 10.0 Å². The van der Waals surface area contributed by atoms with Gasteiger partial charge in [0.1, 0.15) is 73.1 Å². The summed E-state index contributed by atoms with van der Waals surface area (Å²) in [4.78, 5) is 36.4. The largest absolute Gasteiger partial charge is 0.479 e. The number of carbonyl (C=O) groups excluding carboxylic acids is 1. The van der Waals surface area contributed by atoms with E-state index in [2.05, 4.69) is 16.7 Å². The van der Waals surface area contributed by atoms with Crippen molar-refractivity contribution in [2.45, 2.75) is 143 Å². The van der Waals surface area contributed by atoms with E-state index in [9.17, 15) is 116 Å². The molecule has 0 aromatic rings. The number of carboxylic acid groups (broad SMARTS) is 2. The summed E-state index contributed by atoms with van der Waals surface area (Å²) in [7, 11) is -29.1. The van der Waals surface area contributed by atoms with Gasteiger partial charge in [-0.1, -0.05) is 6.92 Å². The molecule has 74 heavy (non-hydrogen) atoms. The highest BCUT2D eigenvalue weighted by atomic mass is 35.5. The van der Waals surface area contributed by atoms with E-state index < -0.39 is 206 Å². The van der Waals surface area contributed by atoms with Gasteiger partial charge in [0.25, 0.3) is 0 Å². The summed E-state index contributed by atoms with van der Waals surface area (Å²) in [5.41, 5.74) is 0. The first-order chi connectivity index (χ1) is 33.7. The van der Waals surface area contributed by atoms with Gasteiger partial charge >= 0.3 is 63.8 Å². The van der Waals surface area contributed by atoms with Crippen LogP contribution in [0.2, 0.25) is 0 Å². The molecule has 0 saturated carbocycles. The second-order valence-electron chi connectivity index (χ2n) is 15.3. The lowest BCUT2D eigenvalue weighted by atomic mass is 9.94. The van der Waals surface area contributed by atoms with E-state index in [0.717, 1.165) is 19.2 Å². The Kier molecular flexibility index (Phi) is 23.5. The molecule has 0 unspecified atom stereocenters. The smallest absolute Gasteiger partial charge is 0.397 e. The standard InChI is InChI=1S/C26H42N2O37S5.C3H7Cl/c1-4(30)27-7-9(31)13(6(56-23(7)39)3-55-67(43,44)45)58-26-19(65-70(52,53)54)12(34)16(20(62-26)22(37)38)60-24-8(28-66(40,41)42)15(63-68(46,47)48)14(5(2-29)57-24)59-25-18(64-69(49,50)51)11(33)10(32)17(61-25)21(35)36;1-2-3-4/h5-20,23-26,28-29,31-34,39H,2-3H2,1H3,(H,27,30)(H,35,36)(H,37,38)(H,40,41,42)(H,43,44,45)(H,46,47,48)(H,49,50,51)(H,52,53,54);2-3H2,1H3/t5-,6+,7-,8-,9-,10-,11-,12+,13-,14-,15-,16+,17-,18+,19-,20+,23-,24+,25+,26-;/m1./s1. The Morgan fingerprint density at radius 1 is 0.554 bits per heavy atom. The van der Waals surface area contributed by atoms with E-state index in [1.807, 2.05) is 12.2 Å². The van der Waals surface area contributed by atoms with Gasteiger partial charge < -0.3 is 79.3 Å². The first-order valence-corrected chi connectivity index (χ1v) is 27.4. The van der Waals surface area contributed by atoms with Gasteiger partial charge in [0, 0.05) is 12.8 Å². The number of halogens is 1. The molecule has 0 radical (unpaired) electrons. The Labute approximate surface area is 422 Å². The summed E-state index contributed by atoms with van der Waals surface area (Å²) in [5.74, 6) is -4.70. The average molecular weight is 1210 g/mol. The third-order valence-electron chi connectivity index (χ3n) is 9.87. The van der Waals surface area contributed by atoms with Crippen LogP contribution in [0.25, 0.3) is 0 Å². The third-order valence-corrected chi connectivity index (χ3v) is 12.6. The molecule has 4 rings (SSSR count). The molecule has 0 bridgehead atoms. The lowest BCUT2D eigenvalue weighted by Gasteiger charge is -2.50. The van der Waals surface area contributed by atoms with Crippen molar-refractivity contribution in [1.29, 1.82) is 0 Å². The number of carbonyl (C=O) groups is 3. The van der Waals surface area contributed by atoms with Crippen molar-refractivity contribution >= 4 is 81.3 Å². The van der Waals surface area contributed by atoms with Gasteiger partial charge in [-0.3, -0.25) is 27.6 Å². The number of alkyl halides is 1. The fraction of sp³-hybridized carbons (Fsp3) is 0.897. The highest BCUT2D eigenvalue weighted by Gasteiger charge is 2.60. The fourth-order valence-electron chi connectivity index (χ4n) is 7.05. The van der Waals surface area contributed by atoms with Crippen LogP contribution in [-0.4, -0.2) is 265 Å². The summed E-state index contributed by atoms with van der Waals surface area (Å²) in [6, 6.07) is -4.96. The molecule has 45 heteroatoms. The Balaban J connectivity index is 0.00000348. The number of aliphatic carboxylic acids is 2. The SMILES string of the molecule is CC(=O)N[C@@H]1[C@@H](O)[C@H](O[C@@H]2O[C@H](C(=O)O)[C@@H](O[C@@H]3O[C@H](CO)[C@@H](O[C@H]4O[C@@H](C(=O)O)[C@H](O)[C@@H](O)[C@@H]4OS(=O)(=O)O)[C@H](OS(=O)(=O)O)[C@H]3NS(=O)(=O)O)[C@H](O)[C@H]2OS(=O)(=O)O)[C@H](COS(=O)(=O)O)O[C@H]1O.CCCCl. The number of carboxylic acids is 2. The predicted octanol–water partition coefficient (Wildman–Crippen LogP) is -9.08. The summed E-state index contributed by atoms with van der Waals surface area (Å²) in [5, 5.41) is 86.0. The second kappa shape index (κ2) is 26.5. The molecule has 4 aliphatic heterocycles. The first-order valence-electron chi connectivity index (χ1n) is 19.9. The van der Waals surface area contributed by atoms with Crippen molar-refractivity contribution in [1.82, 2.24) is 10.0 Å². The molecule has 4 saturated heterocycles. The molecule has 434 valence electrons. The van der Waals surface area contributed by atoms with Gasteiger partial charge in [-0.05, 0) is 6.42 Å². The van der Waals surface area contributed by atoms with Gasteiger partial charge in [-0.2, -0.15) is 46.8 Å². The molecule has 0 aromatic heterocycles. The zero-order chi connectivity index (χ0) is 56.8. The van der Waals surface area contributed by atoms with Crippen molar-refractivity contribution in [3.05, 3.63) is 0 Å². The molecule has 39 nitrogen and oxygen atoms in total. The van der Waals surface area contributed by atoms with Gasteiger partial charge in [0.05, 0.1) is 13.2 Å². The van der Waals surface area contributed by atoms with E-state index in [1.54, 1.807) is 0 Å². The average Bonchev–Trinajstić information content (AvgIpc) is 3.23. The van der Waals surface area contributed by atoms with Crippen molar-refractivity contribution in [3.8, 4) is 0 Å². The van der Waals surface area contributed by atoms with Crippen molar-refractivity contribution in [3.63, 3.8) is 0 Å². The summed E-state index contributed by atoms with van der Waals surface area (Å²) in [6.45, 7) is -0.191. The highest BCUT2D eigenvalue weighted by Crippen LogP contribution is 2.37. The summed E-state index contributed by atoms with van der Waals surface area (Å²) >= 11 is 5.19. The lowest BCUT2D eigenvalue weighted by Crippen LogP contribution is -2.71. The van der Waals surface area contributed by atoms with Crippen molar-refractivity contribution < 1.29 is 170 Å². The number of ether oxygens (including phenoxy) is 7. The van der Waals surface area contributed by atoms with Gasteiger partial charge in [-0.25, -0.2) is 26.3 Å². The number of nitrogens with one attached hydrogen (secondary N) is 2. The molecule has 4 heterocycles. The topological polar surface area (TPSA) is 610 Å². The molecule has 1 amide bonds. The summed E-state index contributed by atoms with van der Waals surface area (Å²) in [6.07, 6.45) is -48.0. The second-order valence-corrected chi connectivity index (χ2v) is 21.1. The minimum absolute atomic E-state index is 0.792. The molecule has 0 spiro atoms. The van der Waals surface area contributed by atoms with Crippen LogP contribution in [0.15, 0.2) is 0 Å². The quantitative estimate of drug-likeness (QED) is 0.0354. The molecular formula is C29H49ClN2O37S5. The van der Waals surface area contributed by atoms with E-state index in [4.69, 9.17) is 49.3 Å². The lowest BCUT2D eigenvalue weighted by molar-refractivity contribution is -0.366. The van der Waals surface area contributed by atoms with Crippen LogP contribution in [0, 0.1) is 0 Å². The molecule has 15 N–H and O–H groups in total. The van der Waals surface area contributed by atoms with Gasteiger partial charge in [0.15, 0.2) is 49.6 Å². The van der Waals surface area contributed by atoms with Gasteiger partial charge in [-0.15, -0.1) is 11.6 Å². The van der Waals surface area contributed by atoms with Crippen LogP contribution in [0.3, 0.4) is 0 Å². The van der Waals surface area contributed by atoms with Crippen LogP contribution in [0.5, 0.6) is 0 Å². The van der Waals surface area contributed by atoms with Crippen molar-refractivity contribution in [2.24, 2.45) is 0 Å². The molecule has 20 atom stereocenters. The van der Waals surface area contributed by atoms with E-state index in [-0.39, 0.29) is 0 Å². The minimum atomic E-state index is -6.09. The maximum Gasteiger partial charge on any atom is 0.397 e. The maximum atomic E-state index is 12.7. The number of amides is 1. The number of aliphatic hydroxyl groups is 6. The molecule has 4 fully saturated rings. The Hall–Kier alpha value is -2.47. The monoisotopic (exact) mass is 1210 g/mol. The Bertz CT molecular complexity index is 2490. The highest BCUT2D eigenvalue weighted by molar-refractivity contribution is 7.83. The Morgan fingerprint density at radius 3 is 1.45 bits per heavy atom.